The lowest BCUT2D eigenvalue weighted by atomic mass is 9.80. The monoisotopic (exact) mass is 261 g/mol. The Labute approximate surface area is 117 Å². The summed E-state index contributed by atoms with van der Waals surface area (Å²) in [5, 5.41) is 0. The molecule has 0 saturated heterocycles. The molecule has 0 radical (unpaired) electrons. The molecule has 106 valence electrons. The Hall–Kier alpha value is -1.12. The molecule has 0 amide bonds. The molecule has 1 heterocycles. The van der Waals surface area contributed by atoms with Gasteiger partial charge >= 0.3 is 0 Å². The average Bonchev–Trinajstić information content (AvgIpc) is 2.40. The number of hydrogen-bond donors (Lipinski definition) is 1. The molecule has 2 rings (SSSR count). The molecular formula is C16H27N3. The molecule has 0 bridgehead atoms. The van der Waals surface area contributed by atoms with Crippen molar-refractivity contribution in [3.8, 4) is 0 Å². The number of aryl methyl sites for hydroxylation is 1. The lowest BCUT2D eigenvalue weighted by Gasteiger charge is -2.27. The van der Waals surface area contributed by atoms with E-state index in [1.807, 2.05) is 6.07 Å². The first-order valence-corrected chi connectivity index (χ1v) is 7.86. The van der Waals surface area contributed by atoms with Gasteiger partial charge in [-0.05, 0) is 38.0 Å². The third-order valence-corrected chi connectivity index (χ3v) is 4.23. The Balaban J connectivity index is 2.02. The molecule has 3 nitrogen and oxygen atoms in total. The van der Waals surface area contributed by atoms with Gasteiger partial charge in [-0.25, -0.2) is 9.97 Å². The van der Waals surface area contributed by atoms with Gasteiger partial charge in [-0.3, -0.25) is 0 Å². The summed E-state index contributed by atoms with van der Waals surface area (Å²) in [5.74, 6) is 3.10. The molecule has 0 aromatic carbocycles. The van der Waals surface area contributed by atoms with E-state index in [0.29, 0.717) is 11.7 Å². The largest absolute Gasteiger partial charge is 0.384 e. The predicted octanol–water partition coefficient (Wildman–Crippen LogP) is 4.09. The normalized spacial score (nSPS) is 23.5. The van der Waals surface area contributed by atoms with Crippen molar-refractivity contribution < 1.29 is 0 Å². The standard InChI is InChI=1S/C16H27N3/c1-3-5-12-7-9-13(10-8-12)16-18-14(6-4-2)11-15(17)19-16/h11-13H,3-10H2,1-2H3,(H2,17,18,19). The van der Waals surface area contributed by atoms with Crippen LogP contribution in [0.1, 0.15) is 76.2 Å². The van der Waals surface area contributed by atoms with Gasteiger partial charge in [0.2, 0.25) is 0 Å². The zero-order chi connectivity index (χ0) is 13.7. The van der Waals surface area contributed by atoms with Gasteiger partial charge in [-0.1, -0.05) is 33.1 Å². The van der Waals surface area contributed by atoms with Gasteiger partial charge < -0.3 is 5.73 Å². The fraction of sp³-hybridized carbons (Fsp3) is 0.750. The number of hydrogen-bond acceptors (Lipinski definition) is 3. The molecule has 1 saturated carbocycles. The van der Waals surface area contributed by atoms with E-state index < -0.39 is 0 Å². The topological polar surface area (TPSA) is 51.8 Å². The van der Waals surface area contributed by atoms with Crippen LogP contribution in [0.5, 0.6) is 0 Å². The van der Waals surface area contributed by atoms with Gasteiger partial charge in [-0.2, -0.15) is 0 Å². The zero-order valence-corrected chi connectivity index (χ0v) is 12.4. The average molecular weight is 261 g/mol. The highest BCUT2D eigenvalue weighted by atomic mass is 15.0. The van der Waals surface area contributed by atoms with Crippen molar-refractivity contribution in [3.63, 3.8) is 0 Å². The molecule has 1 aliphatic carbocycles. The number of nitrogen functional groups attached to an aromatic ring is 1. The van der Waals surface area contributed by atoms with Crippen LogP contribution in [0.25, 0.3) is 0 Å². The minimum absolute atomic E-state index is 0.534. The molecular weight excluding hydrogens is 234 g/mol. The SMILES string of the molecule is CCCc1cc(N)nc(C2CCC(CCC)CC2)n1. The molecule has 0 unspecified atom stereocenters. The van der Waals surface area contributed by atoms with Gasteiger partial charge in [-0.15, -0.1) is 0 Å². The number of rotatable bonds is 5. The molecule has 1 aromatic rings. The molecule has 3 heteroatoms. The zero-order valence-electron chi connectivity index (χ0n) is 12.4. The first-order chi connectivity index (χ1) is 9.22. The lowest BCUT2D eigenvalue weighted by molar-refractivity contribution is 0.302. The number of nitrogens with two attached hydrogens (primary N) is 1. The van der Waals surface area contributed by atoms with Crippen LogP contribution in [-0.4, -0.2) is 9.97 Å². The Morgan fingerprint density at radius 1 is 1.11 bits per heavy atom. The van der Waals surface area contributed by atoms with E-state index in [0.717, 1.165) is 30.3 Å². The van der Waals surface area contributed by atoms with Gasteiger partial charge in [0.25, 0.3) is 0 Å². The van der Waals surface area contributed by atoms with Gasteiger partial charge in [0.15, 0.2) is 0 Å². The molecule has 1 aliphatic rings. The molecule has 1 fully saturated rings. The third-order valence-electron chi connectivity index (χ3n) is 4.23. The summed E-state index contributed by atoms with van der Waals surface area (Å²) in [6, 6.07) is 1.93. The highest BCUT2D eigenvalue weighted by Crippen LogP contribution is 2.36. The Kier molecular flexibility index (Phi) is 5.17. The van der Waals surface area contributed by atoms with Crippen LogP contribution in [0, 0.1) is 5.92 Å². The lowest BCUT2D eigenvalue weighted by Crippen LogP contribution is -2.16. The first kappa shape index (κ1) is 14.3. The summed E-state index contributed by atoms with van der Waals surface area (Å²) in [7, 11) is 0. The number of aromatic nitrogens is 2. The molecule has 0 spiro atoms. The van der Waals surface area contributed by atoms with Gasteiger partial charge in [0.1, 0.15) is 11.6 Å². The molecule has 0 aliphatic heterocycles. The Morgan fingerprint density at radius 3 is 2.47 bits per heavy atom. The van der Waals surface area contributed by atoms with E-state index >= 15 is 0 Å². The van der Waals surface area contributed by atoms with E-state index in [9.17, 15) is 0 Å². The highest BCUT2D eigenvalue weighted by Gasteiger charge is 2.24. The number of anilines is 1. The summed E-state index contributed by atoms with van der Waals surface area (Å²) in [6.45, 7) is 4.46. The Morgan fingerprint density at radius 2 is 1.84 bits per heavy atom. The van der Waals surface area contributed by atoms with Crippen molar-refractivity contribution in [2.45, 2.75) is 71.1 Å². The molecule has 2 N–H and O–H groups in total. The van der Waals surface area contributed by atoms with Gasteiger partial charge in [0, 0.05) is 17.7 Å². The fourth-order valence-electron chi connectivity index (χ4n) is 3.22. The third kappa shape index (κ3) is 3.92. The quantitative estimate of drug-likeness (QED) is 0.868. The summed E-state index contributed by atoms with van der Waals surface area (Å²) < 4.78 is 0. The van der Waals surface area contributed by atoms with E-state index in [1.54, 1.807) is 0 Å². The second-order valence-corrected chi connectivity index (χ2v) is 5.90. The molecule has 19 heavy (non-hydrogen) atoms. The van der Waals surface area contributed by atoms with Crippen LogP contribution >= 0.6 is 0 Å². The number of nitrogens with zero attached hydrogens (tertiary/aromatic N) is 2. The second kappa shape index (κ2) is 6.88. The van der Waals surface area contributed by atoms with Crippen LogP contribution in [0.4, 0.5) is 5.82 Å². The van der Waals surface area contributed by atoms with Crippen LogP contribution in [0.3, 0.4) is 0 Å². The maximum atomic E-state index is 5.92. The van der Waals surface area contributed by atoms with Crippen molar-refractivity contribution in [1.82, 2.24) is 9.97 Å². The van der Waals surface area contributed by atoms with Crippen LogP contribution in [0.2, 0.25) is 0 Å². The first-order valence-electron chi connectivity index (χ1n) is 7.86. The minimum Gasteiger partial charge on any atom is -0.384 e. The van der Waals surface area contributed by atoms with Crippen molar-refractivity contribution >= 4 is 5.82 Å². The van der Waals surface area contributed by atoms with Crippen LogP contribution in [-0.2, 0) is 6.42 Å². The van der Waals surface area contributed by atoms with Crippen molar-refractivity contribution in [1.29, 1.82) is 0 Å². The van der Waals surface area contributed by atoms with Crippen molar-refractivity contribution in [2.24, 2.45) is 5.92 Å². The summed E-state index contributed by atoms with van der Waals surface area (Å²) >= 11 is 0. The highest BCUT2D eigenvalue weighted by molar-refractivity contribution is 5.30. The van der Waals surface area contributed by atoms with Gasteiger partial charge in [0.05, 0.1) is 0 Å². The van der Waals surface area contributed by atoms with Crippen molar-refractivity contribution in [3.05, 3.63) is 17.6 Å². The minimum atomic E-state index is 0.534. The van der Waals surface area contributed by atoms with Crippen molar-refractivity contribution in [2.75, 3.05) is 5.73 Å². The summed E-state index contributed by atoms with van der Waals surface area (Å²) in [4.78, 5) is 9.20. The van der Waals surface area contributed by atoms with E-state index in [4.69, 9.17) is 10.7 Å². The molecule has 1 aromatic heterocycles. The fourth-order valence-corrected chi connectivity index (χ4v) is 3.22. The maximum Gasteiger partial charge on any atom is 0.134 e. The smallest absolute Gasteiger partial charge is 0.134 e. The van der Waals surface area contributed by atoms with Crippen LogP contribution < -0.4 is 5.73 Å². The Bertz CT molecular complexity index is 395. The van der Waals surface area contributed by atoms with E-state index in [2.05, 4.69) is 18.8 Å². The maximum absolute atomic E-state index is 5.92. The van der Waals surface area contributed by atoms with E-state index in [-0.39, 0.29) is 0 Å². The molecule has 0 atom stereocenters. The van der Waals surface area contributed by atoms with E-state index in [1.165, 1.54) is 38.5 Å². The summed E-state index contributed by atoms with van der Waals surface area (Å²) in [6.07, 6.45) is 9.94. The van der Waals surface area contributed by atoms with Crippen LogP contribution in [0.15, 0.2) is 6.07 Å². The second-order valence-electron chi connectivity index (χ2n) is 5.90. The predicted molar refractivity (Wildman–Crippen MR) is 80.0 cm³/mol. The summed E-state index contributed by atoms with van der Waals surface area (Å²) in [5.41, 5.74) is 7.03.